The molecule has 1 aromatic carbocycles. The second-order valence-corrected chi connectivity index (χ2v) is 4.89. The van der Waals surface area contributed by atoms with Gasteiger partial charge in [0.1, 0.15) is 0 Å². The highest BCUT2D eigenvalue weighted by Gasteiger charge is 2.36. The van der Waals surface area contributed by atoms with Gasteiger partial charge in [-0.25, -0.2) is 0 Å². The second kappa shape index (κ2) is 3.32. The molecule has 0 amide bonds. The third-order valence-electron chi connectivity index (χ3n) is 3.83. The Morgan fingerprint density at radius 3 is 3.07 bits per heavy atom. The van der Waals surface area contributed by atoms with Crippen LogP contribution in [0, 0.1) is 6.92 Å². The third-order valence-corrected chi connectivity index (χ3v) is 3.83. The van der Waals surface area contributed by atoms with Gasteiger partial charge in [0.05, 0.1) is 6.04 Å². The molecule has 2 unspecified atom stereocenters. The third kappa shape index (κ3) is 1.40. The number of hydrogen-bond donors (Lipinski definition) is 1. The van der Waals surface area contributed by atoms with Gasteiger partial charge in [-0.3, -0.25) is 4.90 Å². The monoisotopic (exact) mass is 202 g/mol. The van der Waals surface area contributed by atoms with Crippen molar-refractivity contribution in [1.82, 2.24) is 4.90 Å². The van der Waals surface area contributed by atoms with E-state index in [0.29, 0.717) is 12.1 Å². The lowest BCUT2D eigenvalue weighted by molar-refractivity contribution is 0.234. The molecule has 2 N–H and O–H groups in total. The Hall–Kier alpha value is -0.860. The summed E-state index contributed by atoms with van der Waals surface area (Å²) in [6, 6.07) is 7.67. The molecule has 2 heteroatoms. The fraction of sp³-hybridized carbons (Fsp3) is 0.538. The standard InChI is InChI=1S/C13H18N2/c1-9-2-3-11-10(8-9)4-6-15-7-5-12(14)13(11)15/h2-3,8,12-13H,4-7,14H2,1H3. The molecule has 0 bridgehead atoms. The zero-order valence-electron chi connectivity index (χ0n) is 9.24. The van der Waals surface area contributed by atoms with Gasteiger partial charge in [0.25, 0.3) is 0 Å². The molecule has 0 saturated carbocycles. The van der Waals surface area contributed by atoms with Gasteiger partial charge in [-0.15, -0.1) is 0 Å². The molecule has 0 radical (unpaired) electrons. The van der Waals surface area contributed by atoms with Gasteiger partial charge in [0.15, 0.2) is 0 Å². The van der Waals surface area contributed by atoms with Gasteiger partial charge in [-0.05, 0) is 30.9 Å². The van der Waals surface area contributed by atoms with Crippen LogP contribution in [0.15, 0.2) is 18.2 Å². The van der Waals surface area contributed by atoms with E-state index in [1.807, 2.05) is 0 Å². The molecule has 2 atom stereocenters. The maximum Gasteiger partial charge on any atom is 0.0502 e. The average molecular weight is 202 g/mol. The lowest BCUT2D eigenvalue weighted by Crippen LogP contribution is -2.37. The number of aryl methyl sites for hydroxylation is 1. The van der Waals surface area contributed by atoms with E-state index in [0.717, 1.165) is 6.42 Å². The van der Waals surface area contributed by atoms with E-state index < -0.39 is 0 Å². The largest absolute Gasteiger partial charge is 0.326 e. The van der Waals surface area contributed by atoms with Gasteiger partial charge >= 0.3 is 0 Å². The topological polar surface area (TPSA) is 29.3 Å². The predicted molar refractivity (Wildman–Crippen MR) is 61.8 cm³/mol. The van der Waals surface area contributed by atoms with Crippen LogP contribution in [0.1, 0.15) is 29.2 Å². The first-order valence-electron chi connectivity index (χ1n) is 5.85. The molecule has 0 aromatic heterocycles. The molecular weight excluding hydrogens is 184 g/mol. The Balaban J connectivity index is 2.06. The number of rotatable bonds is 0. The molecule has 1 fully saturated rings. The number of hydrogen-bond acceptors (Lipinski definition) is 2. The first kappa shape index (κ1) is 9.37. The van der Waals surface area contributed by atoms with Crippen LogP contribution in [-0.2, 0) is 6.42 Å². The molecule has 80 valence electrons. The fourth-order valence-electron chi connectivity index (χ4n) is 3.06. The van der Waals surface area contributed by atoms with E-state index in [-0.39, 0.29) is 0 Å². The highest BCUT2D eigenvalue weighted by Crippen LogP contribution is 2.36. The van der Waals surface area contributed by atoms with Gasteiger partial charge in [0, 0.05) is 19.1 Å². The minimum Gasteiger partial charge on any atom is -0.326 e. The normalized spacial score (nSPS) is 30.0. The summed E-state index contributed by atoms with van der Waals surface area (Å²) in [5.74, 6) is 0. The van der Waals surface area contributed by atoms with E-state index >= 15 is 0 Å². The zero-order valence-corrected chi connectivity index (χ0v) is 9.24. The van der Waals surface area contributed by atoms with Crippen LogP contribution >= 0.6 is 0 Å². The molecular formula is C13H18N2. The van der Waals surface area contributed by atoms with E-state index in [9.17, 15) is 0 Å². The summed E-state index contributed by atoms with van der Waals surface area (Å²) in [5.41, 5.74) is 10.6. The Bertz CT molecular complexity index is 386. The first-order chi connectivity index (χ1) is 7.25. The lowest BCUT2D eigenvalue weighted by atomic mass is 9.90. The molecule has 0 aliphatic carbocycles. The Morgan fingerprint density at radius 2 is 2.20 bits per heavy atom. The lowest BCUT2D eigenvalue weighted by Gasteiger charge is -2.33. The molecule has 2 heterocycles. The minimum absolute atomic E-state index is 0.340. The highest BCUT2D eigenvalue weighted by molar-refractivity contribution is 5.37. The Kier molecular flexibility index (Phi) is 2.08. The summed E-state index contributed by atoms with van der Waals surface area (Å²) in [6.07, 6.45) is 2.35. The van der Waals surface area contributed by atoms with E-state index in [4.69, 9.17) is 5.73 Å². The summed E-state index contributed by atoms with van der Waals surface area (Å²) in [6.45, 7) is 4.54. The highest BCUT2D eigenvalue weighted by atomic mass is 15.2. The van der Waals surface area contributed by atoms with Crippen molar-refractivity contribution in [3.8, 4) is 0 Å². The van der Waals surface area contributed by atoms with Crippen LogP contribution < -0.4 is 5.73 Å². The molecule has 2 aliphatic heterocycles. The minimum atomic E-state index is 0.340. The number of benzene rings is 1. The number of fused-ring (bicyclic) bond motifs is 3. The van der Waals surface area contributed by atoms with E-state index in [2.05, 4.69) is 30.0 Å². The summed E-state index contributed by atoms with van der Waals surface area (Å²) in [4.78, 5) is 2.54. The average Bonchev–Trinajstić information content (AvgIpc) is 2.60. The molecule has 1 saturated heterocycles. The smallest absolute Gasteiger partial charge is 0.0502 e. The summed E-state index contributed by atoms with van der Waals surface area (Å²) >= 11 is 0. The zero-order chi connectivity index (χ0) is 10.4. The molecule has 2 nitrogen and oxygen atoms in total. The summed E-state index contributed by atoms with van der Waals surface area (Å²) in [7, 11) is 0. The van der Waals surface area contributed by atoms with Crippen molar-refractivity contribution < 1.29 is 0 Å². The van der Waals surface area contributed by atoms with Crippen LogP contribution in [0.4, 0.5) is 0 Å². The van der Waals surface area contributed by atoms with Crippen molar-refractivity contribution in [2.24, 2.45) is 5.73 Å². The van der Waals surface area contributed by atoms with Gasteiger partial charge in [-0.1, -0.05) is 23.8 Å². The maximum atomic E-state index is 6.20. The van der Waals surface area contributed by atoms with Gasteiger partial charge < -0.3 is 5.73 Å². The Labute approximate surface area is 91.1 Å². The molecule has 15 heavy (non-hydrogen) atoms. The van der Waals surface area contributed by atoms with Crippen LogP contribution in [0.2, 0.25) is 0 Å². The first-order valence-corrected chi connectivity index (χ1v) is 5.85. The SMILES string of the molecule is Cc1ccc2c(c1)CCN1CCC(N)C21. The van der Waals surface area contributed by atoms with Crippen molar-refractivity contribution in [1.29, 1.82) is 0 Å². The van der Waals surface area contributed by atoms with Crippen LogP contribution in [0.25, 0.3) is 0 Å². The van der Waals surface area contributed by atoms with Crippen LogP contribution in [-0.4, -0.2) is 24.0 Å². The molecule has 0 spiro atoms. The van der Waals surface area contributed by atoms with E-state index in [1.54, 1.807) is 0 Å². The summed E-state index contributed by atoms with van der Waals surface area (Å²) < 4.78 is 0. The van der Waals surface area contributed by atoms with Crippen LogP contribution in [0.3, 0.4) is 0 Å². The van der Waals surface area contributed by atoms with Crippen molar-refractivity contribution >= 4 is 0 Å². The van der Waals surface area contributed by atoms with Crippen LogP contribution in [0.5, 0.6) is 0 Å². The number of nitrogens with zero attached hydrogens (tertiary/aromatic N) is 1. The van der Waals surface area contributed by atoms with Gasteiger partial charge in [-0.2, -0.15) is 0 Å². The second-order valence-electron chi connectivity index (χ2n) is 4.89. The molecule has 3 rings (SSSR count). The van der Waals surface area contributed by atoms with E-state index in [1.165, 1.54) is 36.2 Å². The molecule has 2 aliphatic rings. The predicted octanol–water partition coefficient (Wildman–Crippen LogP) is 1.63. The van der Waals surface area contributed by atoms with Crippen molar-refractivity contribution in [2.45, 2.75) is 31.8 Å². The summed E-state index contributed by atoms with van der Waals surface area (Å²) in [5, 5.41) is 0. The fourth-order valence-corrected chi connectivity index (χ4v) is 3.06. The Morgan fingerprint density at radius 1 is 1.33 bits per heavy atom. The van der Waals surface area contributed by atoms with Crippen molar-refractivity contribution in [2.75, 3.05) is 13.1 Å². The van der Waals surface area contributed by atoms with Gasteiger partial charge in [0.2, 0.25) is 0 Å². The van der Waals surface area contributed by atoms with Crippen molar-refractivity contribution in [3.63, 3.8) is 0 Å². The maximum absolute atomic E-state index is 6.20. The molecule has 1 aromatic rings. The van der Waals surface area contributed by atoms with Crippen molar-refractivity contribution in [3.05, 3.63) is 34.9 Å². The number of nitrogens with two attached hydrogens (primary N) is 1. The quantitative estimate of drug-likeness (QED) is 0.693.